The van der Waals surface area contributed by atoms with Crippen LogP contribution in [0.3, 0.4) is 0 Å². The second-order valence-electron chi connectivity index (χ2n) is 9.29. The van der Waals surface area contributed by atoms with Crippen molar-refractivity contribution < 1.29 is 14.3 Å². The molecule has 0 unspecified atom stereocenters. The van der Waals surface area contributed by atoms with Gasteiger partial charge in [-0.15, -0.1) is 0 Å². The monoisotopic (exact) mass is 506 g/mol. The van der Waals surface area contributed by atoms with E-state index in [4.69, 9.17) is 27.6 Å². The minimum absolute atomic E-state index is 0.0915. The highest BCUT2D eigenvalue weighted by Crippen LogP contribution is 2.46. The van der Waals surface area contributed by atoms with E-state index in [9.17, 15) is 9.90 Å². The summed E-state index contributed by atoms with van der Waals surface area (Å²) in [4.78, 5) is 14.6. The summed E-state index contributed by atoms with van der Waals surface area (Å²) in [5.74, 6) is -0.687. The third-order valence-corrected chi connectivity index (χ3v) is 7.82. The molecule has 3 heterocycles. The maximum Gasteiger partial charge on any atom is 0.203 e. The van der Waals surface area contributed by atoms with Crippen molar-refractivity contribution in [1.29, 1.82) is 0 Å². The van der Waals surface area contributed by atoms with E-state index < -0.39 is 5.97 Å². The van der Waals surface area contributed by atoms with Crippen molar-refractivity contribution in [2.24, 2.45) is 0 Å². The molecular formula is C28H24Cl2N2O3. The van der Waals surface area contributed by atoms with Gasteiger partial charge in [-0.1, -0.05) is 23.2 Å². The van der Waals surface area contributed by atoms with Crippen LogP contribution in [-0.4, -0.2) is 32.1 Å². The molecule has 0 spiro atoms. The number of carboxylic acids is 1. The van der Waals surface area contributed by atoms with Crippen LogP contribution >= 0.6 is 23.2 Å². The zero-order valence-electron chi connectivity index (χ0n) is 19.2. The van der Waals surface area contributed by atoms with Gasteiger partial charge in [0.1, 0.15) is 24.4 Å². The summed E-state index contributed by atoms with van der Waals surface area (Å²) in [5.41, 5.74) is 3.48. The van der Waals surface area contributed by atoms with Crippen LogP contribution in [0.4, 0.5) is 5.69 Å². The van der Waals surface area contributed by atoms with Crippen molar-refractivity contribution in [2.45, 2.75) is 25.7 Å². The minimum atomic E-state index is -1.36. The highest BCUT2D eigenvalue weighted by atomic mass is 35.5. The lowest BCUT2D eigenvalue weighted by Crippen LogP contribution is -2.26. The topological polar surface area (TPSA) is 59.5 Å². The smallest absolute Gasteiger partial charge is 0.203 e. The Morgan fingerprint density at radius 1 is 0.886 bits per heavy atom. The number of carbonyl (C=O) groups is 1. The van der Waals surface area contributed by atoms with Gasteiger partial charge in [0.15, 0.2) is 0 Å². The fraction of sp³-hybridized carbons (Fsp3) is 0.286. The van der Waals surface area contributed by atoms with E-state index in [1.807, 2.05) is 24.3 Å². The Labute approximate surface area is 213 Å². The number of carboxylic acid groups (broad SMARTS) is 1. The molecule has 0 atom stereocenters. The number of hydrogen-bond donors (Lipinski definition) is 0. The zero-order valence-corrected chi connectivity index (χ0v) is 20.7. The van der Waals surface area contributed by atoms with Crippen LogP contribution in [0.2, 0.25) is 10.0 Å². The summed E-state index contributed by atoms with van der Waals surface area (Å²) in [6.45, 7) is 4.06. The Hall–Kier alpha value is -3.02. The quantitative estimate of drug-likeness (QED) is 0.288. The van der Waals surface area contributed by atoms with Crippen LogP contribution < -0.4 is 19.9 Å². The summed E-state index contributed by atoms with van der Waals surface area (Å²) < 4.78 is 8.83. The SMILES string of the molecule is O=C([O-])c1c(Cl)ccc(Cl)c1-c1c2ccc(=[N+]3CCCC3)cc-2oc2cc(N3CCCC3)ccc12. The third kappa shape index (κ3) is 3.87. The van der Waals surface area contributed by atoms with Gasteiger partial charge in [0.05, 0.1) is 17.1 Å². The Morgan fingerprint density at radius 2 is 1.63 bits per heavy atom. The molecule has 0 radical (unpaired) electrons. The number of anilines is 1. The molecule has 6 rings (SSSR count). The molecule has 2 aromatic carbocycles. The Kier molecular flexibility index (Phi) is 5.70. The van der Waals surface area contributed by atoms with Crippen molar-refractivity contribution in [3.8, 4) is 22.5 Å². The fourth-order valence-corrected chi connectivity index (χ4v) is 5.96. The van der Waals surface area contributed by atoms with Gasteiger partial charge in [-0.05, 0) is 43.2 Å². The Bertz CT molecular complexity index is 1510. The maximum atomic E-state index is 12.2. The molecule has 2 fully saturated rings. The Balaban J connectivity index is 1.71. The second kappa shape index (κ2) is 8.89. The average Bonchev–Trinajstić information content (AvgIpc) is 3.58. The van der Waals surface area contributed by atoms with Crippen molar-refractivity contribution in [3.63, 3.8) is 0 Å². The molecule has 0 N–H and O–H groups in total. The number of fused-ring (bicyclic) bond motifs is 2. The summed E-state index contributed by atoms with van der Waals surface area (Å²) in [6, 6.07) is 15.3. The normalized spacial score (nSPS) is 16.1. The molecule has 3 aliphatic heterocycles. The molecule has 0 aromatic heterocycles. The van der Waals surface area contributed by atoms with Gasteiger partial charge in [-0.2, -0.15) is 0 Å². The zero-order chi connectivity index (χ0) is 24.1. The lowest BCUT2D eigenvalue weighted by molar-refractivity contribution is -0.254. The molecule has 0 amide bonds. The first-order valence-corrected chi connectivity index (χ1v) is 12.8. The maximum absolute atomic E-state index is 12.2. The number of nitrogens with zero attached hydrogens (tertiary/aromatic N) is 2. The van der Waals surface area contributed by atoms with Crippen LogP contribution in [0, 0.1) is 0 Å². The van der Waals surface area contributed by atoms with Gasteiger partial charge in [-0.25, -0.2) is 4.58 Å². The van der Waals surface area contributed by atoms with E-state index in [0.717, 1.165) is 48.2 Å². The molecular weight excluding hydrogens is 483 g/mol. The average molecular weight is 507 g/mol. The predicted molar refractivity (Wildman–Crippen MR) is 138 cm³/mol. The van der Waals surface area contributed by atoms with E-state index in [1.165, 1.54) is 31.7 Å². The molecule has 4 aliphatic rings. The van der Waals surface area contributed by atoms with Gasteiger partial charge < -0.3 is 19.2 Å². The molecule has 2 saturated heterocycles. The van der Waals surface area contributed by atoms with Crippen LogP contribution in [0.1, 0.15) is 36.0 Å². The van der Waals surface area contributed by atoms with Crippen molar-refractivity contribution in [1.82, 2.24) is 4.58 Å². The fourth-order valence-electron chi connectivity index (χ4n) is 5.48. The predicted octanol–water partition coefficient (Wildman–Crippen LogP) is 5.04. The Morgan fingerprint density at radius 3 is 2.37 bits per heavy atom. The molecule has 0 bridgehead atoms. The van der Waals surface area contributed by atoms with Crippen molar-refractivity contribution in [2.75, 3.05) is 31.1 Å². The largest absolute Gasteiger partial charge is 0.545 e. The minimum Gasteiger partial charge on any atom is -0.545 e. The van der Waals surface area contributed by atoms with Gasteiger partial charge in [0, 0.05) is 76.4 Å². The van der Waals surface area contributed by atoms with Gasteiger partial charge in [-0.3, -0.25) is 0 Å². The first-order chi connectivity index (χ1) is 17.0. The van der Waals surface area contributed by atoms with E-state index in [0.29, 0.717) is 27.5 Å². The number of carbonyl (C=O) groups excluding carboxylic acids is 1. The first-order valence-electron chi connectivity index (χ1n) is 12.0. The summed E-state index contributed by atoms with van der Waals surface area (Å²) in [6.07, 6.45) is 4.68. The van der Waals surface area contributed by atoms with E-state index in [2.05, 4.69) is 21.6 Å². The van der Waals surface area contributed by atoms with Crippen LogP contribution in [0.15, 0.2) is 52.9 Å². The number of benzene rings is 3. The molecule has 5 nitrogen and oxygen atoms in total. The first kappa shape index (κ1) is 22.4. The van der Waals surface area contributed by atoms with Gasteiger partial charge in [0.2, 0.25) is 5.36 Å². The molecule has 2 aromatic rings. The number of hydrogen-bond acceptors (Lipinski definition) is 4. The van der Waals surface area contributed by atoms with Crippen LogP contribution in [0.25, 0.3) is 33.4 Å². The molecule has 1 aliphatic carbocycles. The number of aromatic carboxylic acids is 1. The lowest BCUT2D eigenvalue weighted by Gasteiger charge is -2.22. The van der Waals surface area contributed by atoms with E-state index >= 15 is 0 Å². The number of rotatable bonds is 3. The molecule has 0 saturated carbocycles. The van der Waals surface area contributed by atoms with Crippen molar-refractivity contribution >= 4 is 45.8 Å². The lowest BCUT2D eigenvalue weighted by atomic mass is 9.90. The molecule has 178 valence electrons. The molecule has 35 heavy (non-hydrogen) atoms. The second-order valence-corrected chi connectivity index (χ2v) is 10.1. The van der Waals surface area contributed by atoms with Crippen molar-refractivity contribution in [3.05, 3.63) is 69.5 Å². The summed E-state index contributed by atoms with van der Waals surface area (Å²) in [5, 5.41) is 14.5. The highest BCUT2D eigenvalue weighted by molar-refractivity contribution is 6.39. The summed E-state index contributed by atoms with van der Waals surface area (Å²) >= 11 is 13.0. The number of halogens is 2. The summed E-state index contributed by atoms with van der Waals surface area (Å²) in [7, 11) is 0. The highest BCUT2D eigenvalue weighted by Gasteiger charge is 2.25. The van der Waals surface area contributed by atoms with E-state index in [1.54, 1.807) is 6.07 Å². The van der Waals surface area contributed by atoms with Crippen LogP contribution in [-0.2, 0) is 0 Å². The van der Waals surface area contributed by atoms with E-state index in [-0.39, 0.29) is 10.6 Å². The molecule has 7 heteroatoms. The standard InChI is InChI=1S/C28H24Cl2N2O3/c29-21-9-10-22(30)27(28(33)34)26(21)25-19-7-5-17(31-11-1-2-12-31)15-23(19)35-24-16-18(6-8-20(24)25)32-13-3-4-14-32/h5-10,15-16H,1-4,11-14H2. The van der Waals surface area contributed by atoms with Crippen LogP contribution in [0.5, 0.6) is 0 Å². The van der Waals surface area contributed by atoms with Gasteiger partial charge >= 0.3 is 0 Å². The third-order valence-electron chi connectivity index (χ3n) is 7.19. The van der Waals surface area contributed by atoms with Gasteiger partial charge in [0.25, 0.3) is 0 Å².